The minimum absolute atomic E-state index is 0.273. The number of anilines is 2. The van der Waals surface area contributed by atoms with Gasteiger partial charge in [0.05, 0.1) is 23.6 Å². The Morgan fingerprint density at radius 2 is 1.83 bits per heavy atom. The number of carbonyl (C=O) groups is 2. The van der Waals surface area contributed by atoms with Gasteiger partial charge in [-0.25, -0.2) is 10.2 Å². The van der Waals surface area contributed by atoms with Crippen molar-refractivity contribution in [2.75, 3.05) is 29.9 Å². The molecule has 1 aromatic carbocycles. The maximum absolute atomic E-state index is 12.4. The lowest BCUT2D eigenvalue weighted by molar-refractivity contribution is 0.0954. The minimum Gasteiger partial charge on any atom is -0.450 e. The molecule has 0 aliphatic rings. The number of benzene rings is 1. The molecule has 0 aliphatic heterocycles. The van der Waals surface area contributed by atoms with E-state index >= 15 is 0 Å². The highest BCUT2D eigenvalue weighted by molar-refractivity contribution is 7.11. The van der Waals surface area contributed by atoms with Crippen LogP contribution in [0.3, 0.4) is 0 Å². The number of carbonyl (C=O) groups excluding carboxylic acids is 2. The molecule has 0 fully saturated rings. The third kappa shape index (κ3) is 5.77. The van der Waals surface area contributed by atoms with Gasteiger partial charge in [0.25, 0.3) is 5.91 Å². The molecule has 0 atom stereocenters. The summed E-state index contributed by atoms with van der Waals surface area (Å²) in [5, 5.41) is 7.37. The molecule has 0 spiro atoms. The predicted molar refractivity (Wildman–Crippen MR) is 117 cm³/mol. The van der Waals surface area contributed by atoms with Crippen LogP contribution in [0.1, 0.15) is 49.3 Å². The standard InChI is InChI=1S/C20H27N5O3S/c1-6-25(7-2)16-11-9-15(10-12-16)18(26)23-22-13(4)17-14(5)24-29-19(17)21-20(27)28-8-3/h9-12H,6-8H2,1-5H3,(H,21,27)(H,23,26)/b22-13+. The Morgan fingerprint density at radius 3 is 2.41 bits per heavy atom. The molecule has 2 amide bonds. The summed E-state index contributed by atoms with van der Waals surface area (Å²) in [5.74, 6) is -0.309. The van der Waals surface area contributed by atoms with Crippen molar-refractivity contribution in [3.05, 3.63) is 41.1 Å². The molecule has 156 valence electrons. The average Bonchev–Trinajstić information content (AvgIpc) is 3.07. The fraction of sp³-hybridized carbons (Fsp3) is 0.400. The van der Waals surface area contributed by atoms with Gasteiger partial charge in [-0.05, 0) is 70.4 Å². The number of aryl methyl sites for hydroxylation is 1. The Hall–Kier alpha value is -2.94. The topological polar surface area (TPSA) is 95.9 Å². The van der Waals surface area contributed by atoms with Crippen LogP contribution in [-0.4, -0.2) is 41.8 Å². The highest BCUT2D eigenvalue weighted by Crippen LogP contribution is 2.25. The minimum atomic E-state index is -0.553. The zero-order valence-electron chi connectivity index (χ0n) is 17.4. The smallest absolute Gasteiger partial charge is 0.412 e. The van der Waals surface area contributed by atoms with E-state index in [1.54, 1.807) is 26.0 Å². The van der Waals surface area contributed by atoms with E-state index in [9.17, 15) is 9.59 Å². The van der Waals surface area contributed by atoms with Gasteiger partial charge in [-0.2, -0.15) is 9.47 Å². The quantitative estimate of drug-likeness (QED) is 0.500. The molecule has 0 saturated carbocycles. The van der Waals surface area contributed by atoms with Crippen molar-refractivity contribution >= 4 is 39.9 Å². The Morgan fingerprint density at radius 1 is 1.17 bits per heavy atom. The molecule has 0 radical (unpaired) electrons. The lowest BCUT2D eigenvalue weighted by Gasteiger charge is -2.20. The Kier molecular flexibility index (Phi) is 8.14. The molecule has 0 saturated heterocycles. The Labute approximate surface area is 175 Å². The molecule has 29 heavy (non-hydrogen) atoms. The van der Waals surface area contributed by atoms with Crippen LogP contribution in [-0.2, 0) is 4.74 Å². The van der Waals surface area contributed by atoms with E-state index in [1.165, 1.54) is 0 Å². The molecular formula is C20H27N5O3S. The van der Waals surface area contributed by atoms with Crippen LogP contribution in [0.2, 0.25) is 0 Å². The number of nitrogens with one attached hydrogen (secondary N) is 2. The number of hydrogen-bond donors (Lipinski definition) is 2. The van der Waals surface area contributed by atoms with Crippen molar-refractivity contribution < 1.29 is 14.3 Å². The van der Waals surface area contributed by atoms with Crippen molar-refractivity contribution in [2.24, 2.45) is 5.10 Å². The molecule has 0 bridgehead atoms. The fourth-order valence-corrected chi connectivity index (χ4v) is 3.64. The Balaban J connectivity index is 2.10. The van der Waals surface area contributed by atoms with Crippen LogP contribution < -0.4 is 15.6 Å². The maximum atomic E-state index is 12.4. The van der Waals surface area contributed by atoms with Gasteiger partial charge in [-0.3, -0.25) is 10.1 Å². The molecular weight excluding hydrogens is 390 g/mol. The first kappa shape index (κ1) is 22.4. The Bertz CT molecular complexity index is 873. The van der Waals surface area contributed by atoms with E-state index < -0.39 is 6.09 Å². The SMILES string of the molecule is CCOC(=O)Nc1snc(C)c1/C(C)=N/NC(=O)c1ccc(N(CC)CC)cc1. The molecule has 1 aromatic heterocycles. The second kappa shape index (κ2) is 10.6. The van der Waals surface area contributed by atoms with Crippen LogP contribution in [0.5, 0.6) is 0 Å². The van der Waals surface area contributed by atoms with Crippen LogP contribution >= 0.6 is 11.5 Å². The summed E-state index contributed by atoms with van der Waals surface area (Å²) in [7, 11) is 0. The third-order valence-corrected chi connectivity index (χ3v) is 5.15. The first-order valence-corrected chi connectivity index (χ1v) is 10.3. The number of amides is 2. The average molecular weight is 418 g/mol. The van der Waals surface area contributed by atoms with E-state index in [0.29, 0.717) is 27.5 Å². The lowest BCUT2D eigenvalue weighted by Crippen LogP contribution is -2.22. The summed E-state index contributed by atoms with van der Waals surface area (Å²) in [4.78, 5) is 26.3. The first-order chi connectivity index (χ1) is 13.9. The summed E-state index contributed by atoms with van der Waals surface area (Å²) in [6, 6.07) is 7.40. The summed E-state index contributed by atoms with van der Waals surface area (Å²) < 4.78 is 9.16. The van der Waals surface area contributed by atoms with E-state index in [1.807, 2.05) is 19.1 Å². The van der Waals surface area contributed by atoms with Crippen LogP contribution in [0.4, 0.5) is 15.5 Å². The normalized spacial score (nSPS) is 11.1. The zero-order valence-corrected chi connectivity index (χ0v) is 18.2. The summed E-state index contributed by atoms with van der Waals surface area (Å²) in [5.41, 5.74) is 6.07. The van der Waals surface area contributed by atoms with Gasteiger partial charge in [0.15, 0.2) is 0 Å². The van der Waals surface area contributed by atoms with Gasteiger partial charge in [0.2, 0.25) is 0 Å². The molecule has 0 aliphatic carbocycles. The van der Waals surface area contributed by atoms with Crippen molar-refractivity contribution in [1.29, 1.82) is 0 Å². The summed E-state index contributed by atoms with van der Waals surface area (Å²) >= 11 is 1.14. The molecule has 2 rings (SSSR count). The highest BCUT2D eigenvalue weighted by atomic mass is 32.1. The predicted octanol–water partition coefficient (Wildman–Crippen LogP) is 4.02. The van der Waals surface area contributed by atoms with E-state index in [0.717, 1.165) is 30.3 Å². The van der Waals surface area contributed by atoms with Crippen LogP contribution in [0, 0.1) is 6.92 Å². The van der Waals surface area contributed by atoms with Gasteiger partial charge in [-0.15, -0.1) is 0 Å². The van der Waals surface area contributed by atoms with Crippen molar-refractivity contribution in [3.8, 4) is 0 Å². The van der Waals surface area contributed by atoms with E-state index in [4.69, 9.17) is 4.74 Å². The monoisotopic (exact) mass is 417 g/mol. The molecule has 0 unspecified atom stereocenters. The molecule has 2 N–H and O–H groups in total. The van der Waals surface area contributed by atoms with Crippen molar-refractivity contribution in [3.63, 3.8) is 0 Å². The van der Waals surface area contributed by atoms with Gasteiger partial charge in [-0.1, -0.05) is 0 Å². The number of nitrogens with zero attached hydrogens (tertiary/aromatic N) is 3. The van der Waals surface area contributed by atoms with Gasteiger partial charge < -0.3 is 9.64 Å². The molecule has 2 aromatic rings. The van der Waals surface area contributed by atoms with Crippen molar-refractivity contribution in [1.82, 2.24) is 9.80 Å². The van der Waals surface area contributed by atoms with Crippen LogP contribution in [0.15, 0.2) is 29.4 Å². The number of ether oxygens (including phenoxy) is 1. The van der Waals surface area contributed by atoms with Gasteiger partial charge in [0.1, 0.15) is 5.00 Å². The van der Waals surface area contributed by atoms with E-state index in [2.05, 4.69) is 39.0 Å². The summed E-state index contributed by atoms with van der Waals surface area (Å²) in [6.45, 7) is 11.6. The summed E-state index contributed by atoms with van der Waals surface area (Å²) in [6.07, 6.45) is -0.553. The molecule has 1 heterocycles. The van der Waals surface area contributed by atoms with Crippen LogP contribution in [0.25, 0.3) is 0 Å². The number of rotatable bonds is 8. The maximum Gasteiger partial charge on any atom is 0.412 e. The number of hydrogen-bond acceptors (Lipinski definition) is 7. The molecule has 8 nitrogen and oxygen atoms in total. The largest absolute Gasteiger partial charge is 0.450 e. The first-order valence-electron chi connectivity index (χ1n) is 9.51. The van der Waals surface area contributed by atoms with E-state index in [-0.39, 0.29) is 12.5 Å². The fourth-order valence-electron chi connectivity index (χ4n) is 2.81. The third-order valence-electron chi connectivity index (χ3n) is 4.30. The number of hydrazone groups is 1. The van der Waals surface area contributed by atoms with Gasteiger partial charge in [0, 0.05) is 24.3 Å². The second-order valence-corrected chi connectivity index (χ2v) is 6.95. The zero-order chi connectivity index (χ0) is 21.4. The second-order valence-electron chi connectivity index (χ2n) is 6.17. The highest BCUT2D eigenvalue weighted by Gasteiger charge is 2.17. The number of aromatic nitrogens is 1. The lowest BCUT2D eigenvalue weighted by atomic mass is 10.1. The molecule has 9 heteroatoms. The van der Waals surface area contributed by atoms with Crippen molar-refractivity contribution in [2.45, 2.75) is 34.6 Å². The van der Waals surface area contributed by atoms with Gasteiger partial charge >= 0.3 is 6.09 Å².